The summed E-state index contributed by atoms with van der Waals surface area (Å²) in [6.45, 7) is 0.662. The number of rotatable bonds is 4. The molecule has 0 aromatic rings. The summed E-state index contributed by atoms with van der Waals surface area (Å²) in [6, 6.07) is -1.51. The average Bonchev–Trinajstić information content (AvgIpc) is 2.60. The first-order chi connectivity index (χ1) is 7.06. The summed E-state index contributed by atoms with van der Waals surface area (Å²) in [5.74, 6) is -1.43. The van der Waals surface area contributed by atoms with Gasteiger partial charge in [-0.3, -0.25) is 4.79 Å². The fraction of sp³-hybridized carbons (Fsp3) is 0.625. The minimum atomic E-state index is -1.10. The van der Waals surface area contributed by atoms with Crippen LogP contribution in [0.4, 0.5) is 0 Å². The highest BCUT2D eigenvalue weighted by atomic mass is 32.1. The number of carboxylic acids is 1. The third-order valence-electron chi connectivity index (χ3n) is 2.10. The number of thiocarbonyl (C=S) groups is 1. The summed E-state index contributed by atoms with van der Waals surface area (Å²) in [7, 11) is 0. The number of thiol groups is 1. The van der Waals surface area contributed by atoms with E-state index in [0.717, 1.165) is 0 Å². The van der Waals surface area contributed by atoms with E-state index in [0.29, 0.717) is 17.8 Å². The lowest BCUT2D eigenvalue weighted by molar-refractivity contribution is -0.141. The van der Waals surface area contributed by atoms with Crippen molar-refractivity contribution in [2.45, 2.75) is 18.5 Å². The van der Waals surface area contributed by atoms with Gasteiger partial charge in [-0.2, -0.15) is 12.6 Å². The van der Waals surface area contributed by atoms with Gasteiger partial charge in [-0.05, 0) is 6.42 Å². The summed E-state index contributed by atoms with van der Waals surface area (Å²) < 4.78 is 0. The normalized spacial score (nSPS) is 22.5. The summed E-state index contributed by atoms with van der Waals surface area (Å²) in [6.07, 6.45) is 0.673. The average molecular weight is 248 g/mol. The van der Waals surface area contributed by atoms with E-state index >= 15 is 0 Å². The molecule has 1 saturated heterocycles. The Morgan fingerprint density at radius 3 is 2.80 bits per heavy atom. The van der Waals surface area contributed by atoms with Crippen LogP contribution in [0.2, 0.25) is 0 Å². The Balaban J connectivity index is 2.54. The Morgan fingerprint density at radius 2 is 2.40 bits per heavy atom. The number of amides is 1. The molecule has 2 atom stereocenters. The second-order valence-electron chi connectivity index (χ2n) is 3.19. The lowest BCUT2D eigenvalue weighted by Gasteiger charge is -2.15. The maximum absolute atomic E-state index is 11.6. The highest BCUT2D eigenvalue weighted by Gasteiger charge is 2.29. The van der Waals surface area contributed by atoms with Gasteiger partial charge in [0.1, 0.15) is 12.1 Å². The Bertz CT molecular complexity index is 296. The molecule has 0 unspecified atom stereocenters. The van der Waals surface area contributed by atoms with Crippen LogP contribution in [0, 0.1) is 0 Å². The molecule has 1 rings (SSSR count). The topological polar surface area (TPSA) is 78.4 Å². The van der Waals surface area contributed by atoms with E-state index in [1.165, 1.54) is 0 Å². The van der Waals surface area contributed by atoms with E-state index in [4.69, 9.17) is 17.3 Å². The van der Waals surface area contributed by atoms with Crippen molar-refractivity contribution in [1.82, 2.24) is 10.6 Å². The number of hydrogen-bond donors (Lipinski definition) is 4. The Morgan fingerprint density at radius 1 is 1.73 bits per heavy atom. The zero-order chi connectivity index (χ0) is 11.4. The molecule has 0 aromatic heterocycles. The summed E-state index contributed by atoms with van der Waals surface area (Å²) in [4.78, 5) is 22.8. The number of nitrogens with one attached hydrogen (secondary N) is 2. The zero-order valence-electron chi connectivity index (χ0n) is 7.90. The van der Waals surface area contributed by atoms with Crippen molar-refractivity contribution in [3.63, 3.8) is 0 Å². The summed E-state index contributed by atoms with van der Waals surface area (Å²) in [5.41, 5.74) is 0. The van der Waals surface area contributed by atoms with Crippen LogP contribution in [0.5, 0.6) is 0 Å². The molecule has 0 radical (unpaired) electrons. The monoisotopic (exact) mass is 248 g/mol. The van der Waals surface area contributed by atoms with Crippen molar-refractivity contribution in [3.8, 4) is 0 Å². The van der Waals surface area contributed by atoms with Crippen LogP contribution in [0.25, 0.3) is 0 Å². The molecule has 1 aliphatic heterocycles. The minimum absolute atomic E-state index is 0.0561. The van der Waals surface area contributed by atoms with Crippen LogP contribution in [0.1, 0.15) is 6.42 Å². The minimum Gasteiger partial charge on any atom is -0.480 e. The van der Waals surface area contributed by atoms with Crippen LogP contribution >= 0.6 is 24.8 Å². The molecule has 5 nitrogen and oxygen atoms in total. The van der Waals surface area contributed by atoms with Gasteiger partial charge in [-0.15, -0.1) is 0 Å². The Kier molecular flexibility index (Phi) is 4.49. The lowest BCUT2D eigenvalue weighted by Crippen LogP contribution is -2.50. The van der Waals surface area contributed by atoms with E-state index < -0.39 is 18.1 Å². The van der Waals surface area contributed by atoms with Crippen molar-refractivity contribution in [3.05, 3.63) is 0 Å². The van der Waals surface area contributed by atoms with Crippen LogP contribution in [0.3, 0.4) is 0 Å². The fourth-order valence-corrected chi connectivity index (χ4v) is 1.82. The van der Waals surface area contributed by atoms with E-state index in [1.807, 2.05) is 0 Å². The van der Waals surface area contributed by atoms with Crippen LogP contribution < -0.4 is 10.6 Å². The second-order valence-corrected chi connectivity index (χ2v) is 4.07. The number of carbonyl (C=O) groups excluding carboxylic acids is 1. The van der Waals surface area contributed by atoms with Crippen LogP contribution in [-0.4, -0.2) is 46.2 Å². The molecule has 7 heteroatoms. The fourth-order valence-electron chi connectivity index (χ4n) is 1.28. The molecule has 0 saturated carbocycles. The molecule has 1 heterocycles. The molecule has 0 bridgehead atoms. The largest absolute Gasteiger partial charge is 0.480 e. The van der Waals surface area contributed by atoms with Crippen molar-refractivity contribution < 1.29 is 14.7 Å². The third kappa shape index (κ3) is 3.15. The number of hydrogen-bond acceptors (Lipinski definition) is 5. The van der Waals surface area contributed by atoms with E-state index in [2.05, 4.69) is 23.3 Å². The predicted octanol–water partition coefficient (Wildman–Crippen LogP) is -0.783. The lowest BCUT2D eigenvalue weighted by atomic mass is 10.2. The predicted molar refractivity (Wildman–Crippen MR) is 62.4 cm³/mol. The van der Waals surface area contributed by atoms with Crippen molar-refractivity contribution in [2.75, 3.05) is 12.3 Å². The molecule has 1 aliphatic rings. The Hall–Kier alpha value is -0.660. The number of carboxylic acid groups (broad SMARTS) is 1. The molecule has 1 amide bonds. The summed E-state index contributed by atoms with van der Waals surface area (Å²) >= 11 is 8.83. The molecule has 1 fully saturated rings. The van der Waals surface area contributed by atoms with Crippen molar-refractivity contribution in [2.24, 2.45) is 0 Å². The molecular weight excluding hydrogens is 236 g/mol. The molecular formula is C8H12N2O3S2. The second kappa shape index (κ2) is 5.43. The Labute approximate surface area is 98.0 Å². The van der Waals surface area contributed by atoms with Gasteiger partial charge in [0, 0.05) is 17.2 Å². The zero-order valence-corrected chi connectivity index (χ0v) is 9.61. The molecule has 0 spiro atoms. The first kappa shape index (κ1) is 12.4. The molecule has 3 N–H and O–H groups in total. The van der Waals surface area contributed by atoms with Crippen molar-refractivity contribution >= 4 is 41.6 Å². The van der Waals surface area contributed by atoms with Gasteiger partial charge in [0.25, 0.3) is 0 Å². The maximum atomic E-state index is 11.6. The maximum Gasteiger partial charge on any atom is 0.327 e. The van der Waals surface area contributed by atoms with Gasteiger partial charge in [-0.1, -0.05) is 12.2 Å². The quantitative estimate of drug-likeness (QED) is 0.388. The van der Waals surface area contributed by atoms with Gasteiger partial charge < -0.3 is 15.7 Å². The van der Waals surface area contributed by atoms with Gasteiger partial charge in [0.2, 0.25) is 5.91 Å². The SMILES string of the molecule is O=C(N[C@@H](CS)C(=O)O)[C@H]1NCCC1=S. The third-order valence-corrected chi connectivity index (χ3v) is 2.91. The van der Waals surface area contributed by atoms with Gasteiger partial charge >= 0.3 is 5.97 Å². The standard InChI is InChI=1S/C8H12N2O3S2/c11-7(6-5(15)1-2-9-6)10-4(3-14)8(12)13/h4,6,9,14H,1-3H2,(H,10,11)(H,12,13)/t4-,6-/m0/s1. The van der Waals surface area contributed by atoms with E-state index in [9.17, 15) is 9.59 Å². The van der Waals surface area contributed by atoms with Gasteiger partial charge in [0.15, 0.2) is 0 Å². The number of carbonyl (C=O) groups is 2. The van der Waals surface area contributed by atoms with Crippen LogP contribution in [-0.2, 0) is 9.59 Å². The summed E-state index contributed by atoms with van der Waals surface area (Å²) in [5, 5.41) is 14.0. The first-order valence-electron chi connectivity index (χ1n) is 4.46. The van der Waals surface area contributed by atoms with Crippen LogP contribution in [0.15, 0.2) is 0 Å². The van der Waals surface area contributed by atoms with E-state index in [-0.39, 0.29) is 11.7 Å². The van der Waals surface area contributed by atoms with Gasteiger partial charge in [0.05, 0.1) is 0 Å². The number of aliphatic carboxylic acids is 1. The van der Waals surface area contributed by atoms with Crippen molar-refractivity contribution in [1.29, 1.82) is 0 Å². The first-order valence-corrected chi connectivity index (χ1v) is 5.50. The smallest absolute Gasteiger partial charge is 0.327 e. The molecule has 0 aromatic carbocycles. The van der Waals surface area contributed by atoms with E-state index in [1.54, 1.807) is 0 Å². The highest BCUT2D eigenvalue weighted by molar-refractivity contribution is 7.80. The molecule has 15 heavy (non-hydrogen) atoms. The van der Waals surface area contributed by atoms with Gasteiger partial charge in [-0.25, -0.2) is 4.79 Å². The highest BCUT2D eigenvalue weighted by Crippen LogP contribution is 2.03. The molecule has 0 aliphatic carbocycles. The molecule has 84 valence electrons.